The number of amides is 2. The predicted octanol–water partition coefficient (Wildman–Crippen LogP) is 5.13. The summed E-state index contributed by atoms with van der Waals surface area (Å²) in [6, 6.07) is 11.9. The number of hydrogen-bond donors (Lipinski definition) is 1. The van der Waals surface area contributed by atoms with E-state index in [1.807, 2.05) is 25.1 Å². The molecule has 0 fully saturated rings. The number of rotatable bonds is 8. The van der Waals surface area contributed by atoms with Crippen molar-refractivity contribution in [2.24, 2.45) is 0 Å². The van der Waals surface area contributed by atoms with Gasteiger partial charge < -0.3 is 10.2 Å². The Labute approximate surface area is 180 Å². The zero-order valence-corrected chi connectivity index (χ0v) is 18.1. The van der Waals surface area contributed by atoms with Gasteiger partial charge in [-0.25, -0.2) is 0 Å². The van der Waals surface area contributed by atoms with Crippen molar-refractivity contribution in [1.29, 1.82) is 0 Å². The summed E-state index contributed by atoms with van der Waals surface area (Å²) < 4.78 is 0. The minimum atomic E-state index is -0.661. The van der Waals surface area contributed by atoms with E-state index in [-0.39, 0.29) is 24.8 Å². The Hall–Kier alpha value is -1.75. The first kappa shape index (κ1) is 22.5. The van der Waals surface area contributed by atoms with Crippen LogP contribution in [0.5, 0.6) is 0 Å². The van der Waals surface area contributed by atoms with Gasteiger partial charge in [0.1, 0.15) is 6.04 Å². The van der Waals surface area contributed by atoms with Gasteiger partial charge in [0.05, 0.1) is 0 Å². The zero-order valence-electron chi connectivity index (χ0n) is 15.8. The molecule has 0 bridgehead atoms. The van der Waals surface area contributed by atoms with Gasteiger partial charge in [-0.3, -0.25) is 9.59 Å². The summed E-state index contributed by atoms with van der Waals surface area (Å²) in [5, 5.41) is 4.29. The number of hydrogen-bond acceptors (Lipinski definition) is 2. The van der Waals surface area contributed by atoms with E-state index in [1.54, 1.807) is 31.2 Å². The van der Waals surface area contributed by atoms with Crippen molar-refractivity contribution >= 4 is 46.6 Å². The van der Waals surface area contributed by atoms with Crippen LogP contribution in [0.15, 0.2) is 42.5 Å². The maximum atomic E-state index is 13.0. The third-order valence-corrected chi connectivity index (χ3v) is 5.55. The Morgan fingerprint density at radius 1 is 1.00 bits per heavy atom. The molecule has 0 aromatic heterocycles. The maximum Gasteiger partial charge on any atom is 0.242 e. The number of carbonyl (C=O) groups is 2. The lowest BCUT2D eigenvalue weighted by molar-refractivity contribution is -0.140. The van der Waals surface area contributed by atoms with Crippen LogP contribution >= 0.6 is 34.8 Å². The van der Waals surface area contributed by atoms with Crippen molar-refractivity contribution < 1.29 is 9.59 Å². The van der Waals surface area contributed by atoms with E-state index in [2.05, 4.69) is 5.32 Å². The van der Waals surface area contributed by atoms with Crippen LogP contribution in [-0.2, 0) is 22.6 Å². The lowest BCUT2D eigenvalue weighted by Gasteiger charge is -2.29. The number of benzene rings is 2. The molecule has 150 valence electrons. The molecule has 1 N–H and O–H groups in total. The molecule has 4 nitrogen and oxygen atoms in total. The summed E-state index contributed by atoms with van der Waals surface area (Å²) in [6.07, 6.45) is 0.697. The highest BCUT2D eigenvalue weighted by Crippen LogP contribution is 2.27. The van der Waals surface area contributed by atoms with Gasteiger partial charge in [-0.05, 0) is 44.0 Å². The molecule has 0 saturated carbocycles. The van der Waals surface area contributed by atoms with E-state index >= 15 is 0 Å². The molecular weight excluding hydrogens is 419 g/mol. The summed E-state index contributed by atoms with van der Waals surface area (Å²) >= 11 is 18.7. The molecule has 0 aliphatic heterocycles. The average Bonchev–Trinajstić information content (AvgIpc) is 2.66. The van der Waals surface area contributed by atoms with Crippen molar-refractivity contribution in [1.82, 2.24) is 10.2 Å². The van der Waals surface area contributed by atoms with E-state index in [1.165, 1.54) is 4.90 Å². The van der Waals surface area contributed by atoms with Gasteiger partial charge in [-0.2, -0.15) is 0 Å². The Morgan fingerprint density at radius 3 is 2.21 bits per heavy atom. The highest BCUT2D eigenvalue weighted by atomic mass is 35.5. The third-order valence-electron chi connectivity index (χ3n) is 4.47. The molecule has 0 aliphatic rings. The molecule has 0 radical (unpaired) electrons. The van der Waals surface area contributed by atoms with Gasteiger partial charge in [0.15, 0.2) is 0 Å². The standard InChI is InChI=1S/C21H23Cl3N2O2/c1-3-25-21(28)14(2)26(13-16-18(23)9-6-10-19(16)24)20(27)12-11-15-7-4-5-8-17(15)22/h4-10,14H,3,11-13H2,1-2H3,(H,25,28)/t14-/m0/s1. The fraction of sp³-hybridized carbons (Fsp3) is 0.333. The molecule has 2 rings (SSSR count). The number of nitrogens with zero attached hydrogens (tertiary/aromatic N) is 1. The second-order valence-electron chi connectivity index (χ2n) is 6.38. The van der Waals surface area contributed by atoms with Gasteiger partial charge in [-0.15, -0.1) is 0 Å². The quantitative estimate of drug-likeness (QED) is 0.617. The highest BCUT2D eigenvalue weighted by molar-refractivity contribution is 6.36. The Balaban J connectivity index is 2.23. The van der Waals surface area contributed by atoms with Crippen LogP contribution in [-0.4, -0.2) is 29.3 Å². The summed E-state index contributed by atoms with van der Waals surface area (Å²) in [4.78, 5) is 26.9. The molecule has 28 heavy (non-hydrogen) atoms. The third kappa shape index (κ3) is 5.87. The summed E-state index contributed by atoms with van der Waals surface area (Å²) in [7, 11) is 0. The van der Waals surface area contributed by atoms with Crippen molar-refractivity contribution in [3.8, 4) is 0 Å². The largest absolute Gasteiger partial charge is 0.355 e. The van der Waals surface area contributed by atoms with E-state index < -0.39 is 6.04 Å². The molecule has 2 aromatic carbocycles. The molecule has 2 amide bonds. The minimum absolute atomic E-state index is 0.151. The van der Waals surface area contributed by atoms with Gasteiger partial charge >= 0.3 is 0 Å². The Bertz CT molecular complexity index is 822. The topological polar surface area (TPSA) is 49.4 Å². The predicted molar refractivity (Wildman–Crippen MR) is 115 cm³/mol. The number of nitrogens with one attached hydrogen (secondary N) is 1. The van der Waals surface area contributed by atoms with Crippen LogP contribution in [0.25, 0.3) is 0 Å². The second kappa shape index (κ2) is 10.7. The van der Waals surface area contributed by atoms with E-state index in [9.17, 15) is 9.59 Å². The smallest absolute Gasteiger partial charge is 0.242 e. The van der Waals surface area contributed by atoms with Crippen molar-refractivity contribution in [2.45, 2.75) is 39.3 Å². The van der Waals surface area contributed by atoms with E-state index in [0.717, 1.165) is 5.56 Å². The lowest BCUT2D eigenvalue weighted by Crippen LogP contribution is -2.47. The molecule has 7 heteroatoms. The Kier molecular flexibility index (Phi) is 8.61. The minimum Gasteiger partial charge on any atom is -0.355 e. The SMILES string of the molecule is CCNC(=O)[C@H](C)N(Cc1c(Cl)cccc1Cl)C(=O)CCc1ccccc1Cl. The number of aryl methyl sites for hydroxylation is 1. The number of halogens is 3. The molecular formula is C21H23Cl3N2O2. The highest BCUT2D eigenvalue weighted by Gasteiger charge is 2.27. The zero-order chi connectivity index (χ0) is 20.7. The fourth-order valence-corrected chi connectivity index (χ4v) is 3.59. The van der Waals surface area contributed by atoms with Crippen molar-refractivity contribution in [2.75, 3.05) is 6.54 Å². The van der Waals surface area contributed by atoms with Gasteiger partial charge in [-0.1, -0.05) is 59.1 Å². The summed E-state index contributed by atoms with van der Waals surface area (Å²) in [6.45, 7) is 4.16. The summed E-state index contributed by atoms with van der Waals surface area (Å²) in [5.74, 6) is -0.397. The van der Waals surface area contributed by atoms with Gasteiger partial charge in [0.25, 0.3) is 0 Å². The molecule has 2 aromatic rings. The second-order valence-corrected chi connectivity index (χ2v) is 7.61. The molecule has 0 heterocycles. The van der Waals surface area contributed by atoms with E-state index in [0.29, 0.717) is 33.6 Å². The van der Waals surface area contributed by atoms with Crippen molar-refractivity contribution in [3.05, 3.63) is 68.7 Å². The molecule has 0 saturated heterocycles. The normalized spacial score (nSPS) is 11.8. The first-order valence-electron chi connectivity index (χ1n) is 9.08. The maximum absolute atomic E-state index is 13.0. The molecule has 0 spiro atoms. The van der Waals surface area contributed by atoms with E-state index in [4.69, 9.17) is 34.8 Å². The van der Waals surface area contributed by atoms with Crippen LogP contribution in [0, 0.1) is 0 Å². The first-order valence-corrected chi connectivity index (χ1v) is 10.2. The summed E-state index contributed by atoms with van der Waals surface area (Å²) in [5.41, 5.74) is 1.51. The number of carbonyl (C=O) groups excluding carboxylic acids is 2. The number of likely N-dealkylation sites (N-methyl/N-ethyl adjacent to an activating group) is 1. The fourth-order valence-electron chi connectivity index (χ4n) is 2.84. The lowest BCUT2D eigenvalue weighted by atomic mass is 10.1. The van der Waals surface area contributed by atoms with Crippen molar-refractivity contribution in [3.63, 3.8) is 0 Å². The Morgan fingerprint density at radius 2 is 1.61 bits per heavy atom. The van der Waals surface area contributed by atoms with Crippen LogP contribution in [0.2, 0.25) is 15.1 Å². The van der Waals surface area contributed by atoms with Crippen LogP contribution < -0.4 is 5.32 Å². The average molecular weight is 442 g/mol. The molecule has 0 unspecified atom stereocenters. The monoisotopic (exact) mass is 440 g/mol. The van der Waals surface area contributed by atoms with Crippen LogP contribution in [0.4, 0.5) is 0 Å². The van der Waals surface area contributed by atoms with Gasteiger partial charge in [0, 0.05) is 40.1 Å². The van der Waals surface area contributed by atoms with Crippen LogP contribution in [0.3, 0.4) is 0 Å². The molecule has 1 atom stereocenters. The van der Waals surface area contributed by atoms with Crippen LogP contribution in [0.1, 0.15) is 31.4 Å². The first-order chi connectivity index (χ1) is 13.3. The van der Waals surface area contributed by atoms with Gasteiger partial charge in [0.2, 0.25) is 11.8 Å². The molecule has 0 aliphatic carbocycles.